The first-order valence-electron chi connectivity index (χ1n) is 23.6. The number of rotatable bonds is 12. The van der Waals surface area contributed by atoms with Crippen LogP contribution in [-0.2, 0) is 15.9 Å². The molecule has 3 aromatic carbocycles. The first kappa shape index (κ1) is 56.9. The van der Waals surface area contributed by atoms with Gasteiger partial charge in [0.2, 0.25) is 0 Å². The Morgan fingerprint density at radius 1 is 0.635 bits per heavy atom. The second kappa shape index (κ2) is 31.7. The molecule has 0 bridgehead atoms. The molecular formula is C55H87NO7. The van der Waals surface area contributed by atoms with Crippen LogP contribution in [0.25, 0.3) is 0 Å². The van der Waals surface area contributed by atoms with Gasteiger partial charge in [-0.2, -0.15) is 0 Å². The number of esters is 1. The topological polar surface area (TPSA) is 91.4 Å². The van der Waals surface area contributed by atoms with Crippen molar-refractivity contribution in [3.05, 3.63) is 123 Å². The summed E-state index contributed by atoms with van der Waals surface area (Å²) in [6, 6.07) is 26.2. The van der Waals surface area contributed by atoms with Crippen molar-refractivity contribution < 1.29 is 27.8 Å². The molecule has 1 atom stereocenters. The van der Waals surface area contributed by atoms with Crippen molar-refractivity contribution in [1.82, 2.24) is 4.90 Å². The van der Waals surface area contributed by atoms with Crippen molar-refractivity contribution in [1.29, 1.82) is 0 Å². The predicted octanol–water partition coefficient (Wildman–Crippen LogP) is 14.4. The third-order valence-electron chi connectivity index (χ3n) is 10.4. The molecule has 1 fully saturated rings. The van der Waals surface area contributed by atoms with Gasteiger partial charge >= 0.3 is 11.8 Å². The van der Waals surface area contributed by atoms with E-state index in [0.717, 1.165) is 67.4 Å². The van der Waals surface area contributed by atoms with Gasteiger partial charge in [0.15, 0.2) is 0 Å². The Bertz CT molecular complexity index is 1810. The van der Waals surface area contributed by atoms with Crippen molar-refractivity contribution in [2.75, 3.05) is 40.0 Å². The molecule has 8 heteroatoms. The first-order chi connectivity index (χ1) is 29.8. The highest BCUT2D eigenvalue weighted by molar-refractivity contribution is 5.94. The zero-order valence-electron chi connectivity index (χ0n) is 42.3. The van der Waals surface area contributed by atoms with Gasteiger partial charge in [0, 0.05) is 25.1 Å². The Morgan fingerprint density at radius 3 is 1.62 bits per heavy atom. The number of carbonyl (C=O) groups excluding carboxylic acids is 1. The number of cyclic esters (lactones) is 1. The molecule has 0 spiro atoms. The van der Waals surface area contributed by atoms with Crippen LogP contribution < -0.4 is 10.6 Å². The summed E-state index contributed by atoms with van der Waals surface area (Å²) >= 11 is 0. The van der Waals surface area contributed by atoms with E-state index in [9.17, 15) is 9.59 Å². The first-order valence-corrected chi connectivity index (χ1v) is 23.6. The lowest BCUT2D eigenvalue weighted by atomic mass is 9.97. The number of hydrogen-bond donors (Lipinski definition) is 0. The Morgan fingerprint density at radius 2 is 1.17 bits per heavy atom. The van der Waals surface area contributed by atoms with E-state index < -0.39 is 5.82 Å². The Kier molecular flexibility index (Phi) is 28.6. The van der Waals surface area contributed by atoms with Crippen molar-refractivity contribution in [3.63, 3.8) is 0 Å². The minimum Gasteiger partial charge on any atom is -0.496 e. The molecule has 3 heterocycles. The van der Waals surface area contributed by atoms with Crippen LogP contribution in [-0.4, -0.2) is 50.8 Å². The van der Waals surface area contributed by atoms with Crippen molar-refractivity contribution in [3.8, 4) is 5.75 Å². The maximum atomic E-state index is 11.4. The fraction of sp³-hybridized carbons (Fsp3) is 0.600. The van der Waals surface area contributed by atoms with E-state index in [1.54, 1.807) is 14.0 Å². The van der Waals surface area contributed by atoms with Crippen LogP contribution in [0.1, 0.15) is 173 Å². The van der Waals surface area contributed by atoms with Crippen LogP contribution in [0.2, 0.25) is 0 Å². The second-order valence-electron chi connectivity index (χ2n) is 19.2. The van der Waals surface area contributed by atoms with Crippen molar-refractivity contribution >= 4 is 5.97 Å². The molecule has 8 nitrogen and oxygen atoms in total. The summed E-state index contributed by atoms with van der Waals surface area (Å²) < 4.78 is 25.2. The Balaban J connectivity index is 0.000000381. The second-order valence-corrected chi connectivity index (χ2v) is 19.2. The number of methoxy groups -OCH3 is 1. The zero-order valence-corrected chi connectivity index (χ0v) is 42.3. The largest absolute Gasteiger partial charge is 0.519 e. The summed E-state index contributed by atoms with van der Waals surface area (Å²) in [6.45, 7) is 37.8. The van der Waals surface area contributed by atoms with Gasteiger partial charge in [-0.3, -0.25) is 4.90 Å². The summed E-state index contributed by atoms with van der Waals surface area (Å²) in [5.41, 5.74) is 4.44. The number of benzene rings is 3. The van der Waals surface area contributed by atoms with Crippen LogP contribution in [0.3, 0.4) is 0 Å². The zero-order chi connectivity index (χ0) is 47.5. The van der Waals surface area contributed by atoms with Crippen LogP contribution in [0, 0.1) is 36.5 Å². The summed E-state index contributed by atoms with van der Waals surface area (Å²) in [5.74, 6) is 6.09. The standard InChI is InChI=1S/C11H12O2.C10H14O.C9H19NO.C9H12.C8H12O3.C8H18/c1-7(2)10-8-5-3-4-6-9(8)11(12)13-10;1-8(2)9-6-4-5-7-10(9)11-3;1-9(2)3-4-10-5-7-11-8-6-10;1-8(2)9-6-4-3-5-7-9;1-5(2)4-7-6(3)10-8(9)11-7;1-7(2)5-6-8(3)4/h3-7,10H,1-2H3;4-8H,1-3H3;9H,3-8H2,1-2H3;3-8H,1-2H3;5H,4H2,1-3H3;7-8H,5-6H2,1-4H3. The van der Waals surface area contributed by atoms with E-state index in [0.29, 0.717) is 35.2 Å². The number of ether oxygens (including phenoxy) is 3. The monoisotopic (exact) mass is 874 g/mol. The quantitative estimate of drug-likeness (QED) is 0.130. The fourth-order valence-corrected chi connectivity index (χ4v) is 6.51. The van der Waals surface area contributed by atoms with Gasteiger partial charge in [-0.1, -0.05) is 177 Å². The average Bonchev–Trinajstić information content (AvgIpc) is 3.76. The molecule has 1 aromatic heterocycles. The van der Waals surface area contributed by atoms with Crippen molar-refractivity contribution in [2.45, 2.75) is 147 Å². The summed E-state index contributed by atoms with van der Waals surface area (Å²) in [4.78, 5) is 24.4. The third-order valence-corrected chi connectivity index (χ3v) is 10.4. The molecule has 1 unspecified atom stereocenters. The molecule has 0 radical (unpaired) electrons. The average molecular weight is 874 g/mol. The van der Waals surface area contributed by atoms with E-state index in [1.807, 2.05) is 48.5 Å². The highest BCUT2D eigenvalue weighted by atomic mass is 16.6. The molecule has 354 valence electrons. The molecule has 2 aliphatic rings. The Hall–Kier alpha value is -4.14. The number of para-hydroxylation sites is 1. The van der Waals surface area contributed by atoms with Gasteiger partial charge in [-0.05, 0) is 84.6 Å². The maximum Gasteiger partial charge on any atom is 0.519 e. The molecule has 2 aliphatic heterocycles. The van der Waals surface area contributed by atoms with Gasteiger partial charge in [0.05, 0.1) is 25.9 Å². The predicted molar refractivity (Wildman–Crippen MR) is 263 cm³/mol. The van der Waals surface area contributed by atoms with Gasteiger partial charge in [0.1, 0.15) is 23.4 Å². The van der Waals surface area contributed by atoms with Crippen LogP contribution in [0.5, 0.6) is 5.75 Å². The molecule has 4 aromatic rings. The van der Waals surface area contributed by atoms with Gasteiger partial charge in [0.25, 0.3) is 0 Å². The van der Waals surface area contributed by atoms with E-state index in [4.69, 9.17) is 23.0 Å². The summed E-state index contributed by atoms with van der Waals surface area (Å²) in [5, 5.41) is 0. The fourth-order valence-electron chi connectivity index (χ4n) is 6.51. The van der Waals surface area contributed by atoms with E-state index >= 15 is 0 Å². The SMILES string of the molecule is CC(C)C1OC(=O)c2ccccc21.CC(C)CCC(C)C.CC(C)CCN1CCOCC1.CC(C)c1ccccc1.COc1ccccc1C(C)C.Cc1oc(=O)oc1CC(C)C. The summed E-state index contributed by atoms with van der Waals surface area (Å²) in [7, 11) is 1.71. The Labute approximate surface area is 383 Å². The van der Waals surface area contributed by atoms with Crippen molar-refractivity contribution in [2.24, 2.45) is 29.6 Å². The van der Waals surface area contributed by atoms with Gasteiger partial charge < -0.3 is 23.0 Å². The normalized spacial score (nSPS) is 14.4. The molecular weight excluding hydrogens is 787 g/mol. The number of fused-ring (bicyclic) bond motifs is 1. The molecule has 1 saturated heterocycles. The lowest BCUT2D eigenvalue weighted by Gasteiger charge is -2.26. The van der Waals surface area contributed by atoms with Crippen LogP contribution in [0.15, 0.2) is 92.5 Å². The number of hydrogen-bond acceptors (Lipinski definition) is 8. The van der Waals surface area contributed by atoms with Gasteiger partial charge in [-0.25, -0.2) is 9.59 Å². The molecule has 0 saturated carbocycles. The minimum atomic E-state index is -0.599. The molecule has 0 amide bonds. The van der Waals surface area contributed by atoms with E-state index in [-0.39, 0.29) is 12.1 Å². The number of morpholine rings is 1. The number of nitrogens with zero attached hydrogens (tertiary/aromatic N) is 1. The van der Waals surface area contributed by atoms with Crippen LogP contribution >= 0.6 is 0 Å². The molecule has 0 aliphatic carbocycles. The summed E-state index contributed by atoms with van der Waals surface area (Å²) in [6.07, 6.45) is 4.80. The van der Waals surface area contributed by atoms with Gasteiger partial charge in [-0.15, -0.1) is 0 Å². The smallest absolute Gasteiger partial charge is 0.496 e. The maximum absolute atomic E-state index is 11.4. The van der Waals surface area contributed by atoms with E-state index in [2.05, 4.69) is 132 Å². The third kappa shape index (κ3) is 24.5. The lowest BCUT2D eigenvalue weighted by Crippen LogP contribution is -2.37. The highest BCUT2D eigenvalue weighted by Crippen LogP contribution is 2.35. The molecule has 6 rings (SSSR count). The minimum absolute atomic E-state index is 0.0521. The molecule has 63 heavy (non-hydrogen) atoms. The number of aryl methyl sites for hydroxylation is 1. The van der Waals surface area contributed by atoms with E-state index in [1.165, 1.54) is 36.9 Å². The van der Waals surface area contributed by atoms with Crippen LogP contribution in [0.4, 0.5) is 0 Å². The highest BCUT2D eigenvalue weighted by Gasteiger charge is 2.32. The lowest BCUT2D eigenvalue weighted by molar-refractivity contribution is 0.0280. The number of carbonyl (C=O) groups is 1. The molecule has 0 N–H and O–H groups in total.